The van der Waals surface area contributed by atoms with Gasteiger partial charge in [0.15, 0.2) is 0 Å². The van der Waals surface area contributed by atoms with Crippen molar-refractivity contribution in [2.75, 3.05) is 13.7 Å². The molecule has 1 amide bonds. The van der Waals surface area contributed by atoms with E-state index in [2.05, 4.69) is 5.32 Å². The van der Waals surface area contributed by atoms with Crippen LogP contribution in [0.15, 0.2) is 18.2 Å². The Hall–Kier alpha value is -1.26. The van der Waals surface area contributed by atoms with E-state index in [9.17, 15) is 9.90 Å². The number of nitrogens with one attached hydrogen (secondary N) is 1. The fourth-order valence-electron chi connectivity index (χ4n) is 1.27. The lowest BCUT2D eigenvalue weighted by molar-refractivity contribution is -0.121. The Bertz CT molecular complexity index is 393. The first-order chi connectivity index (χ1) is 8.04. The largest absolute Gasteiger partial charge is 0.491 e. The van der Waals surface area contributed by atoms with Crippen LogP contribution in [0.3, 0.4) is 0 Å². The molecule has 0 aliphatic heterocycles. The van der Waals surface area contributed by atoms with Crippen molar-refractivity contribution < 1.29 is 14.6 Å². The Morgan fingerprint density at radius 3 is 2.82 bits per heavy atom. The molecule has 0 saturated carbocycles. The smallest absolute Gasteiger partial charge is 0.223 e. The van der Waals surface area contributed by atoms with Crippen molar-refractivity contribution in [1.82, 2.24) is 5.32 Å². The molecule has 5 heteroatoms. The molecular weight excluding hydrogens is 242 g/mol. The van der Waals surface area contributed by atoms with Crippen molar-refractivity contribution in [1.29, 1.82) is 0 Å². The normalized spacial score (nSPS) is 12.0. The van der Waals surface area contributed by atoms with Gasteiger partial charge in [0.05, 0.1) is 24.2 Å². The summed E-state index contributed by atoms with van der Waals surface area (Å²) in [4.78, 5) is 11.0. The van der Waals surface area contributed by atoms with E-state index in [-0.39, 0.29) is 18.9 Å². The molecule has 0 fully saturated rings. The molecular formula is C12H16ClNO3. The number of hydrogen-bond donors (Lipinski definition) is 2. The number of benzene rings is 1. The first kappa shape index (κ1) is 13.8. The lowest BCUT2D eigenvalue weighted by Crippen LogP contribution is -2.20. The van der Waals surface area contributed by atoms with Crippen LogP contribution in [0, 0.1) is 0 Å². The summed E-state index contributed by atoms with van der Waals surface area (Å²) in [5.41, 5.74) is 0.730. The fourth-order valence-corrected chi connectivity index (χ4v) is 1.52. The number of aliphatic hydroxyl groups excluding tert-OH is 1. The molecule has 0 saturated heterocycles. The average molecular weight is 258 g/mol. The minimum absolute atomic E-state index is 0.0817. The summed E-state index contributed by atoms with van der Waals surface area (Å²) in [5.74, 6) is 0.432. The van der Waals surface area contributed by atoms with Crippen LogP contribution in [0.2, 0.25) is 5.02 Å². The standard InChI is InChI=1S/C12H16ClNO3/c1-8(15)9-3-4-11(10(13)7-9)17-6-5-12(16)14-2/h3-4,7-8,15H,5-6H2,1-2H3,(H,14,16). The van der Waals surface area contributed by atoms with E-state index in [1.807, 2.05) is 0 Å². The fraction of sp³-hybridized carbons (Fsp3) is 0.417. The van der Waals surface area contributed by atoms with Crippen LogP contribution in [0.1, 0.15) is 25.0 Å². The van der Waals surface area contributed by atoms with Gasteiger partial charge < -0.3 is 15.2 Å². The Morgan fingerprint density at radius 2 is 2.29 bits per heavy atom. The third kappa shape index (κ3) is 4.24. The molecule has 0 aliphatic rings. The molecule has 0 radical (unpaired) electrons. The van der Waals surface area contributed by atoms with Gasteiger partial charge in [-0.15, -0.1) is 0 Å². The van der Waals surface area contributed by atoms with Crippen molar-refractivity contribution in [3.05, 3.63) is 28.8 Å². The van der Waals surface area contributed by atoms with E-state index < -0.39 is 6.10 Å². The summed E-state index contributed by atoms with van der Waals surface area (Å²) in [7, 11) is 1.58. The molecule has 17 heavy (non-hydrogen) atoms. The minimum atomic E-state index is -0.563. The van der Waals surface area contributed by atoms with E-state index in [0.717, 1.165) is 5.56 Å². The minimum Gasteiger partial charge on any atom is -0.491 e. The zero-order chi connectivity index (χ0) is 12.8. The van der Waals surface area contributed by atoms with Crippen molar-refractivity contribution in [3.8, 4) is 5.75 Å². The number of carbonyl (C=O) groups is 1. The summed E-state index contributed by atoms with van der Waals surface area (Å²) < 4.78 is 5.37. The molecule has 0 bridgehead atoms. The predicted octanol–water partition coefficient (Wildman–Crippen LogP) is 1.91. The Balaban J connectivity index is 2.57. The van der Waals surface area contributed by atoms with E-state index in [1.165, 1.54) is 0 Å². The van der Waals surface area contributed by atoms with Crippen LogP contribution in [0.5, 0.6) is 5.75 Å². The van der Waals surface area contributed by atoms with Gasteiger partial charge in [0, 0.05) is 7.05 Å². The number of aliphatic hydroxyl groups is 1. The maximum absolute atomic E-state index is 11.0. The van der Waals surface area contributed by atoms with Crippen LogP contribution in [0.4, 0.5) is 0 Å². The highest BCUT2D eigenvalue weighted by Crippen LogP contribution is 2.27. The zero-order valence-corrected chi connectivity index (χ0v) is 10.6. The zero-order valence-electron chi connectivity index (χ0n) is 9.87. The van der Waals surface area contributed by atoms with Gasteiger partial charge >= 0.3 is 0 Å². The van der Waals surface area contributed by atoms with Crippen molar-refractivity contribution >= 4 is 17.5 Å². The maximum Gasteiger partial charge on any atom is 0.223 e. The first-order valence-electron chi connectivity index (χ1n) is 5.35. The summed E-state index contributed by atoms with van der Waals surface area (Å²) in [5, 5.41) is 12.3. The van der Waals surface area contributed by atoms with Gasteiger partial charge in [0.25, 0.3) is 0 Å². The topological polar surface area (TPSA) is 58.6 Å². The monoisotopic (exact) mass is 257 g/mol. The number of amides is 1. The first-order valence-corrected chi connectivity index (χ1v) is 5.73. The molecule has 1 rings (SSSR count). The quantitative estimate of drug-likeness (QED) is 0.847. The van der Waals surface area contributed by atoms with Crippen molar-refractivity contribution in [2.45, 2.75) is 19.4 Å². The molecule has 1 aromatic rings. The summed E-state index contributed by atoms with van der Waals surface area (Å²) in [6.45, 7) is 1.94. The third-order valence-corrected chi connectivity index (χ3v) is 2.60. The number of carbonyl (C=O) groups excluding carboxylic acids is 1. The number of halogens is 1. The third-order valence-electron chi connectivity index (χ3n) is 2.30. The highest BCUT2D eigenvalue weighted by molar-refractivity contribution is 6.32. The number of ether oxygens (including phenoxy) is 1. The van der Waals surface area contributed by atoms with E-state index in [4.69, 9.17) is 16.3 Å². The highest BCUT2D eigenvalue weighted by atomic mass is 35.5. The van der Waals surface area contributed by atoms with Gasteiger partial charge in [0.1, 0.15) is 5.75 Å². The van der Waals surface area contributed by atoms with E-state index in [0.29, 0.717) is 10.8 Å². The molecule has 0 heterocycles. The lowest BCUT2D eigenvalue weighted by atomic mass is 10.1. The number of hydrogen-bond acceptors (Lipinski definition) is 3. The second-order valence-electron chi connectivity index (χ2n) is 3.64. The van der Waals surface area contributed by atoms with Crippen LogP contribution in [0.25, 0.3) is 0 Å². The molecule has 4 nitrogen and oxygen atoms in total. The molecule has 2 N–H and O–H groups in total. The predicted molar refractivity (Wildman–Crippen MR) is 66.3 cm³/mol. The maximum atomic E-state index is 11.0. The molecule has 1 atom stereocenters. The molecule has 0 aliphatic carbocycles. The molecule has 1 aromatic carbocycles. The molecule has 0 aromatic heterocycles. The van der Waals surface area contributed by atoms with Crippen LogP contribution >= 0.6 is 11.6 Å². The Morgan fingerprint density at radius 1 is 1.59 bits per heavy atom. The average Bonchev–Trinajstić information content (AvgIpc) is 2.30. The van der Waals surface area contributed by atoms with Gasteiger partial charge in [-0.1, -0.05) is 17.7 Å². The lowest BCUT2D eigenvalue weighted by Gasteiger charge is -2.10. The highest BCUT2D eigenvalue weighted by Gasteiger charge is 2.07. The van der Waals surface area contributed by atoms with Crippen molar-refractivity contribution in [3.63, 3.8) is 0 Å². The summed E-state index contributed by atoms with van der Waals surface area (Å²) in [6, 6.07) is 5.08. The van der Waals surface area contributed by atoms with E-state index in [1.54, 1.807) is 32.2 Å². The summed E-state index contributed by atoms with van der Waals surface area (Å²) >= 11 is 5.99. The second kappa shape index (κ2) is 6.47. The summed E-state index contributed by atoms with van der Waals surface area (Å²) in [6.07, 6.45) is -0.280. The van der Waals surface area contributed by atoms with Gasteiger partial charge in [-0.3, -0.25) is 4.79 Å². The Labute approximate surface area is 106 Å². The molecule has 94 valence electrons. The van der Waals surface area contributed by atoms with Gasteiger partial charge in [-0.05, 0) is 24.6 Å². The number of rotatable bonds is 5. The van der Waals surface area contributed by atoms with E-state index >= 15 is 0 Å². The Kier molecular flexibility index (Phi) is 5.25. The van der Waals surface area contributed by atoms with Crippen LogP contribution < -0.4 is 10.1 Å². The van der Waals surface area contributed by atoms with Gasteiger partial charge in [0.2, 0.25) is 5.91 Å². The SMILES string of the molecule is CNC(=O)CCOc1ccc(C(C)O)cc1Cl. The van der Waals surface area contributed by atoms with Gasteiger partial charge in [-0.2, -0.15) is 0 Å². The van der Waals surface area contributed by atoms with Crippen LogP contribution in [-0.4, -0.2) is 24.7 Å². The van der Waals surface area contributed by atoms with Crippen LogP contribution in [-0.2, 0) is 4.79 Å². The second-order valence-corrected chi connectivity index (χ2v) is 4.04. The molecule has 1 unspecified atom stereocenters. The molecule has 0 spiro atoms. The van der Waals surface area contributed by atoms with Gasteiger partial charge in [-0.25, -0.2) is 0 Å². The van der Waals surface area contributed by atoms with Crippen molar-refractivity contribution in [2.24, 2.45) is 0 Å².